The van der Waals surface area contributed by atoms with Crippen LogP contribution in [0.4, 0.5) is 0 Å². The van der Waals surface area contributed by atoms with E-state index in [0.29, 0.717) is 0 Å². The van der Waals surface area contributed by atoms with Gasteiger partial charge in [-0.3, -0.25) is 0 Å². The van der Waals surface area contributed by atoms with Crippen molar-refractivity contribution in [2.75, 3.05) is 0 Å². The molecule has 0 radical (unpaired) electrons. The molecule has 2 rings (SSSR count). The molecule has 0 aromatic heterocycles. The van der Waals surface area contributed by atoms with Gasteiger partial charge in [-0.2, -0.15) is 0 Å². The molecule has 2 aromatic rings. The highest BCUT2D eigenvalue weighted by molar-refractivity contribution is 5.34. The molecule has 17 heavy (non-hydrogen) atoms. The summed E-state index contributed by atoms with van der Waals surface area (Å²) in [6.45, 7) is 4.26. The summed E-state index contributed by atoms with van der Waals surface area (Å²) in [5.74, 6) is 1.78. The molecule has 88 valence electrons. The standard InChI is InChI=1S/C16H18O/c1-3-4-14-7-11-16(12-8-14)17-15-9-5-13(2)6-10-15/h5-12H,3-4H2,1-2H3. The summed E-state index contributed by atoms with van der Waals surface area (Å²) >= 11 is 0. The van der Waals surface area contributed by atoms with E-state index in [4.69, 9.17) is 4.74 Å². The van der Waals surface area contributed by atoms with Crippen molar-refractivity contribution in [3.63, 3.8) is 0 Å². The van der Waals surface area contributed by atoms with Crippen molar-refractivity contribution in [1.82, 2.24) is 0 Å². The molecule has 0 heterocycles. The molecule has 0 fully saturated rings. The molecule has 1 nitrogen and oxygen atoms in total. The number of benzene rings is 2. The Balaban J connectivity index is 2.05. The van der Waals surface area contributed by atoms with Crippen LogP contribution in [0.25, 0.3) is 0 Å². The van der Waals surface area contributed by atoms with E-state index in [-0.39, 0.29) is 0 Å². The Hall–Kier alpha value is -1.76. The lowest BCUT2D eigenvalue weighted by Crippen LogP contribution is -1.86. The zero-order valence-electron chi connectivity index (χ0n) is 10.4. The number of aryl methyl sites for hydroxylation is 2. The topological polar surface area (TPSA) is 9.23 Å². The minimum atomic E-state index is 0.888. The molecule has 0 aliphatic carbocycles. The first-order valence-corrected chi connectivity index (χ1v) is 6.11. The Morgan fingerprint density at radius 2 is 1.35 bits per heavy atom. The van der Waals surface area contributed by atoms with Crippen molar-refractivity contribution in [3.8, 4) is 11.5 Å². The molecule has 0 unspecified atom stereocenters. The summed E-state index contributed by atoms with van der Waals surface area (Å²) in [7, 11) is 0. The molecule has 0 aliphatic rings. The van der Waals surface area contributed by atoms with Crippen LogP contribution in [-0.2, 0) is 6.42 Å². The van der Waals surface area contributed by atoms with Gasteiger partial charge in [0.15, 0.2) is 0 Å². The fourth-order valence-electron chi connectivity index (χ4n) is 1.76. The SMILES string of the molecule is CCCc1ccc(Oc2ccc(C)cc2)cc1. The highest BCUT2D eigenvalue weighted by Crippen LogP contribution is 2.22. The molecule has 0 saturated heterocycles. The molecule has 0 bridgehead atoms. The molecule has 0 saturated carbocycles. The van der Waals surface area contributed by atoms with Crippen LogP contribution < -0.4 is 4.74 Å². The normalized spacial score (nSPS) is 10.2. The Kier molecular flexibility index (Phi) is 3.81. The predicted molar refractivity (Wildman–Crippen MR) is 71.7 cm³/mol. The van der Waals surface area contributed by atoms with Gasteiger partial charge in [-0.05, 0) is 43.2 Å². The third-order valence-corrected chi connectivity index (χ3v) is 2.72. The van der Waals surface area contributed by atoms with Crippen LogP contribution in [0, 0.1) is 6.92 Å². The van der Waals surface area contributed by atoms with Crippen LogP contribution in [0.15, 0.2) is 48.5 Å². The Bertz CT molecular complexity index is 454. The zero-order valence-corrected chi connectivity index (χ0v) is 10.4. The third kappa shape index (κ3) is 3.35. The maximum Gasteiger partial charge on any atom is 0.127 e. The second kappa shape index (κ2) is 5.53. The first-order valence-electron chi connectivity index (χ1n) is 6.11. The van der Waals surface area contributed by atoms with E-state index >= 15 is 0 Å². The minimum Gasteiger partial charge on any atom is -0.457 e. The number of hydrogen-bond donors (Lipinski definition) is 0. The Labute approximate surface area is 103 Å². The Morgan fingerprint density at radius 1 is 0.824 bits per heavy atom. The van der Waals surface area contributed by atoms with E-state index in [0.717, 1.165) is 17.9 Å². The number of ether oxygens (including phenoxy) is 1. The lowest BCUT2D eigenvalue weighted by molar-refractivity contribution is 0.482. The second-order valence-corrected chi connectivity index (χ2v) is 4.31. The first-order chi connectivity index (χ1) is 8.28. The molecular weight excluding hydrogens is 208 g/mol. The lowest BCUT2D eigenvalue weighted by Gasteiger charge is -2.06. The van der Waals surface area contributed by atoms with E-state index in [1.165, 1.54) is 17.5 Å². The van der Waals surface area contributed by atoms with Crippen molar-refractivity contribution in [2.24, 2.45) is 0 Å². The van der Waals surface area contributed by atoms with E-state index in [9.17, 15) is 0 Å². The van der Waals surface area contributed by atoms with Crippen LogP contribution in [0.5, 0.6) is 11.5 Å². The molecule has 1 heteroatoms. The highest BCUT2D eigenvalue weighted by Gasteiger charge is 1.97. The van der Waals surface area contributed by atoms with Crippen molar-refractivity contribution < 1.29 is 4.74 Å². The second-order valence-electron chi connectivity index (χ2n) is 4.31. The summed E-state index contributed by atoms with van der Waals surface area (Å²) in [6, 6.07) is 16.4. The van der Waals surface area contributed by atoms with Crippen molar-refractivity contribution in [1.29, 1.82) is 0 Å². The van der Waals surface area contributed by atoms with Gasteiger partial charge in [0.25, 0.3) is 0 Å². The summed E-state index contributed by atoms with van der Waals surface area (Å²) in [6.07, 6.45) is 2.31. The number of rotatable bonds is 4. The van der Waals surface area contributed by atoms with Crippen molar-refractivity contribution in [3.05, 3.63) is 59.7 Å². The molecule has 0 atom stereocenters. The van der Waals surface area contributed by atoms with E-state index in [2.05, 4.69) is 38.1 Å². The van der Waals surface area contributed by atoms with Gasteiger partial charge in [-0.1, -0.05) is 43.2 Å². The van der Waals surface area contributed by atoms with Crippen LogP contribution in [0.1, 0.15) is 24.5 Å². The monoisotopic (exact) mass is 226 g/mol. The highest BCUT2D eigenvalue weighted by atomic mass is 16.5. The third-order valence-electron chi connectivity index (χ3n) is 2.72. The van der Waals surface area contributed by atoms with E-state index < -0.39 is 0 Å². The van der Waals surface area contributed by atoms with Crippen molar-refractivity contribution in [2.45, 2.75) is 26.7 Å². The van der Waals surface area contributed by atoms with Gasteiger partial charge in [-0.15, -0.1) is 0 Å². The minimum absolute atomic E-state index is 0.888. The maximum atomic E-state index is 5.77. The molecular formula is C16H18O. The quantitative estimate of drug-likeness (QED) is 0.731. The summed E-state index contributed by atoms with van der Waals surface area (Å²) in [5.41, 5.74) is 2.61. The van der Waals surface area contributed by atoms with E-state index in [1.54, 1.807) is 0 Å². The average molecular weight is 226 g/mol. The smallest absolute Gasteiger partial charge is 0.127 e. The van der Waals surface area contributed by atoms with Crippen molar-refractivity contribution >= 4 is 0 Å². The maximum absolute atomic E-state index is 5.77. The molecule has 0 aliphatic heterocycles. The molecule has 0 spiro atoms. The van der Waals surface area contributed by atoms with Gasteiger partial charge < -0.3 is 4.74 Å². The molecule has 0 N–H and O–H groups in total. The summed E-state index contributed by atoms with van der Waals surface area (Å²) in [4.78, 5) is 0. The molecule has 0 amide bonds. The predicted octanol–water partition coefficient (Wildman–Crippen LogP) is 4.74. The van der Waals surface area contributed by atoms with Gasteiger partial charge in [0.1, 0.15) is 11.5 Å². The fraction of sp³-hybridized carbons (Fsp3) is 0.250. The number of hydrogen-bond acceptors (Lipinski definition) is 1. The van der Waals surface area contributed by atoms with Gasteiger partial charge in [-0.25, -0.2) is 0 Å². The zero-order chi connectivity index (χ0) is 12.1. The van der Waals surface area contributed by atoms with Gasteiger partial charge in [0.2, 0.25) is 0 Å². The van der Waals surface area contributed by atoms with Gasteiger partial charge >= 0.3 is 0 Å². The molecule has 2 aromatic carbocycles. The first kappa shape index (κ1) is 11.7. The lowest BCUT2D eigenvalue weighted by atomic mass is 10.1. The Morgan fingerprint density at radius 3 is 1.88 bits per heavy atom. The van der Waals surface area contributed by atoms with Gasteiger partial charge in [0, 0.05) is 0 Å². The van der Waals surface area contributed by atoms with E-state index in [1.807, 2.05) is 24.3 Å². The van der Waals surface area contributed by atoms with Crippen LogP contribution in [0.3, 0.4) is 0 Å². The van der Waals surface area contributed by atoms with Crippen LogP contribution in [-0.4, -0.2) is 0 Å². The van der Waals surface area contributed by atoms with Gasteiger partial charge in [0.05, 0.1) is 0 Å². The fourth-order valence-corrected chi connectivity index (χ4v) is 1.76. The largest absolute Gasteiger partial charge is 0.457 e. The average Bonchev–Trinajstić information content (AvgIpc) is 2.35. The van der Waals surface area contributed by atoms with Crippen LogP contribution >= 0.6 is 0 Å². The van der Waals surface area contributed by atoms with Crippen LogP contribution in [0.2, 0.25) is 0 Å². The summed E-state index contributed by atoms with van der Waals surface area (Å²) in [5, 5.41) is 0. The summed E-state index contributed by atoms with van der Waals surface area (Å²) < 4.78 is 5.77.